The Morgan fingerprint density at radius 2 is 1.70 bits per heavy atom. The number of anilines is 2. The maximum Gasteiger partial charge on any atom is 0.435 e. The number of ether oxygens (including phenoxy) is 1. The zero-order valence-corrected chi connectivity index (χ0v) is 31.0. The van der Waals surface area contributed by atoms with Crippen LogP contribution in [0.4, 0.5) is 24.5 Å². The van der Waals surface area contributed by atoms with E-state index in [1.807, 2.05) is 4.90 Å². The highest BCUT2D eigenvalue weighted by atomic mass is 35.5. The lowest BCUT2D eigenvalue weighted by molar-refractivity contribution is -0.895. The fraction of sp³-hybridized carbons (Fsp3) is 0.444. The number of nitrogens with one attached hydrogen (secondary N) is 3. The summed E-state index contributed by atoms with van der Waals surface area (Å²) in [6.45, 7) is 4.63. The van der Waals surface area contributed by atoms with Gasteiger partial charge in [0.2, 0.25) is 5.91 Å². The van der Waals surface area contributed by atoms with E-state index in [1.54, 1.807) is 24.1 Å². The quantitative estimate of drug-likeness (QED) is 0.151. The van der Waals surface area contributed by atoms with Crippen LogP contribution in [0.1, 0.15) is 50.8 Å². The molecular weight excluding hydrogens is 729 g/mol. The van der Waals surface area contributed by atoms with Gasteiger partial charge in [0.15, 0.2) is 17.3 Å². The van der Waals surface area contributed by atoms with Crippen molar-refractivity contribution in [3.63, 3.8) is 0 Å². The van der Waals surface area contributed by atoms with Gasteiger partial charge in [-0.1, -0.05) is 11.6 Å². The van der Waals surface area contributed by atoms with E-state index in [9.17, 15) is 27.6 Å². The van der Waals surface area contributed by atoms with Gasteiger partial charge >= 0.3 is 6.18 Å². The predicted molar refractivity (Wildman–Crippen MR) is 195 cm³/mol. The molecule has 2 aliphatic heterocycles. The van der Waals surface area contributed by atoms with Gasteiger partial charge in [0, 0.05) is 94.4 Å². The molecule has 4 aromatic rings. The van der Waals surface area contributed by atoms with E-state index in [0.29, 0.717) is 45.0 Å². The van der Waals surface area contributed by atoms with Crippen molar-refractivity contribution in [1.29, 1.82) is 0 Å². The number of pyridine rings is 1. The van der Waals surface area contributed by atoms with E-state index in [4.69, 9.17) is 16.3 Å². The lowest BCUT2D eigenvalue weighted by Gasteiger charge is -2.40. The lowest BCUT2D eigenvalue weighted by atomic mass is 9.94. The molecule has 0 spiro atoms. The average Bonchev–Trinajstić information content (AvgIpc) is 3.80. The zero-order chi connectivity index (χ0) is 38.6. The number of piperidine rings is 1. The fourth-order valence-electron chi connectivity index (χ4n) is 6.62. The van der Waals surface area contributed by atoms with Gasteiger partial charge in [-0.2, -0.15) is 18.3 Å². The van der Waals surface area contributed by atoms with Crippen LogP contribution in [-0.4, -0.2) is 130 Å². The average molecular weight is 772 g/mol. The number of nitrogens with zero attached hydrogens (tertiary/aromatic N) is 7. The number of H-pyrrole nitrogens is 1. The van der Waals surface area contributed by atoms with Gasteiger partial charge in [-0.15, -0.1) is 0 Å². The molecule has 2 aliphatic rings. The normalized spacial score (nSPS) is 16.4. The van der Waals surface area contributed by atoms with Gasteiger partial charge < -0.3 is 34.6 Å². The van der Waals surface area contributed by atoms with Crippen molar-refractivity contribution in [3.8, 4) is 5.82 Å². The number of quaternary nitrogens is 1. The minimum Gasteiger partial charge on any atom is -0.383 e. The van der Waals surface area contributed by atoms with E-state index in [-0.39, 0.29) is 63.3 Å². The molecule has 5 heterocycles. The predicted octanol–water partition coefficient (Wildman–Crippen LogP) is 4.33. The third-order valence-corrected chi connectivity index (χ3v) is 10.1. The largest absolute Gasteiger partial charge is 0.435 e. The molecular formula is C36H43ClF3N10O4+. The van der Waals surface area contributed by atoms with Crippen molar-refractivity contribution >= 4 is 40.7 Å². The number of amides is 3. The second-order valence-corrected chi connectivity index (χ2v) is 14.5. The van der Waals surface area contributed by atoms with Gasteiger partial charge in [-0.25, -0.2) is 14.6 Å². The number of hydrogen-bond donors (Lipinski definition) is 3. The van der Waals surface area contributed by atoms with Crippen molar-refractivity contribution in [2.45, 2.75) is 25.4 Å². The van der Waals surface area contributed by atoms with E-state index in [1.165, 1.54) is 36.8 Å². The smallest absolute Gasteiger partial charge is 0.383 e. The number of benzene rings is 1. The maximum absolute atomic E-state index is 14.0. The molecule has 2 saturated heterocycles. The summed E-state index contributed by atoms with van der Waals surface area (Å²) in [4.78, 5) is 54.1. The summed E-state index contributed by atoms with van der Waals surface area (Å²) in [6.07, 6.45) is 0.756. The molecule has 0 unspecified atom stereocenters. The van der Waals surface area contributed by atoms with Gasteiger partial charge in [-0.3, -0.25) is 14.4 Å². The van der Waals surface area contributed by atoms with Crippen LogP contribution < -0.4 is 10.6 Å². The van der Waals surface area contributed by atoms with E-state index >= 15 is 0 Å². The van der Waals surface area contributed by atoms with Crippen LogP contribution in [0.5, 0.6) is 0 Å². The van der Waals surface area contributed by atoms with Crippen molar-refractivity contribution < 1.29 is 36.8 Å². The summed E-state index contributed by atoms with van der Waals surface area (Å²) in [7, 11) is 5.93. The van der Waals surface area contributed by atoms with Gasteiger partial charge in [0.25, 0.3) is 11.8 Å². The van der Waals surface area contributed by atoms with Crippen molar-refractivity contribution in [2.24, 2.45) is 5.92 Å². The molecule has 3 amide bonds. The molecule has 288 valence electrons. The molecule has 3 N–H and O–H groups in total. The molecule has 14 nitrogen and oxygen atoms in total. The van der Waals surface area contributed by atoms with E-state index in [0.717, 1.165) is 35.1 Å². The molecule has 54 heavy (non-hydrogen) atoms. The SMILES string of the molecule is COCCNc1ccc(-n2cc(Cc3cnc(C(=O)Nc4ccc(C(=O)N5CCN(C(=O)C6CC[N+](C)(C)CC6)CC5)c(Cl)c4)[nH]3)c(C(F)(F)F)n2)nc1. The number of imidazole rings is 1. The van der Waals surface area contributed by atoms with E-state index < -0.39 is 17.8 Å². The first-order valence-electron chi connectivity index (χ1n) is 17.6. The number of carbonyl (C=O) groups excluding carboxylic acids is 3. The number of carbonyl (C=O) groups is 3. The van der Waals surface area contributed by atoms with E-state index in [2.05, 4.69) is 44.8 Å². The third kappa shape index (κ3) is 9.19. The number of methoxy groups -OCH3 is 1. The maximum atomic E-state index is 14.0. The Morgan fingerprint density at radius 3 is 2.35 bits per heavy atom. The highest BCUT2D eigenvalue weighted by molar-refractivity contribution is 6.34. The minimum atomic E-state index is -4.74. The number of aromatic amines is 1. The fourth-order valence-corrected chi connectivity index (χ4v) is 6.88. The Balaban J connectivity index is 1.04. The Hall–Kier alpha value is -5.00. The van der Waals surface area contributed by atoms with Crippen LogP contribution in [0.25, 0.3) is 5.82 Å². The van der Waals surface area contributed by atoms with Crippen molar-refractivity contribution in [1.82, 2.24) is 34.5 Å². The van der Waals surface area contributed by atoms with Gasteiger partial charge in [0.05, 0.1) is 56.3 Å². The van der Waals surface area contributed by atoms with Crippen molar-refractivity contribution in [2.75, 3.05) is 84.3 Å². The van der Waals surface area contributed by atoms with Crippen LogP contribution in [-0.2, 0) is 22.1 Å². The molecule has 2 fully saturated rings. The minimum absolute atomic E-state index is 0.0256. The standard InChI is InChI=1S/C36H42ClF3N10O4/c1-50(2)15-8-23(9-16-50)34(52)47-11-13-48(14-12-47)35(53)28-6-4-25(19-29(28)37)45-33(51)32-43-21-27(44-32)18-24-22-49(46-31(24)36(38,39)40)30-7-5-26(20-42-30)41-10-17-54-3/h4-7,19-23,41H,8-18H2,1-3H3,(H-,43,44,45,51,53)/p+1. The molecule has 3 aromatic heterocycles. The number of hydrogen-bond acceptors (Lipinski definition) is 8. The number of likely N-dealkylation sites (tertiary alicyclic amines) is 1. The first-order valence-corrected chi connectivity index (χ1v) is 18.0. The van der Waals surface area contributed by atoms with Gasteiger partial charge in [0.1, 0.15) is 0 Å². The zero-order valence-electron chi connectivity index (χ0n) is 30.2. The molecule has 0 radical (unpaired) electrons. The van der Waals surface area contributed by atoms with Crippen LogP contribution in [0, 0.1) is 5.92 Å². The Bertz CT molecular complexity index is 1960. The summed E-state index contributed by atoms with van der Waals surface area (Å²) in [5.41, 5.74) is 0.236. The molecule has 0 aliphatic carbocycles. The third-order valence-electron chi connectivity index (χ3n) is 9.75. The second kappa shape index (κ2) is 16.2. The second-order valence-electron chi connectivity index (χ2n) is 14.1. The topological polar surface area (TPSA) is 150 Å². The monoisotopic (exact) mass is 771 g/mol. The molecule has 0 saturated carbocycles. The highest BCUT2D eigenvalue weighted by Gasteiger charge is 2.38. The first kappa shape index (κ1) is 38.7. The summed E-state index contributed by atoms with van der Waals surface area (Å²) in [5, 5.41) is 9.63. The van der Waals surface area contributed by atoms with Crippen LogP contribution >= 0.6 is 11.6 Å². The summed E-state index contributed by atoms with van der Waals surface area (Å²) in [6, 6.07) is 7.71. The van der Waals surface area contributed by atoms with Crippen LogP contribution in [0.2, 0.25) is 5.02 Å². The number of rotatable bonds is 11. The Morgan fingerprint density at radius 1 is 1.00 bits per heavy atom. The summed E-state index contributed by atoms with van der Waals surface area (Å²) in [5.74, 6) is -0.697. The molecule has 1 aromatic carbocycles. The van der Waals surface area contributed by atoms with Crippen LogP contribution in [0.3, 0.4) is 0 Å². The first-order chi connectivity index (χ1) is 25.7. The number of piperazine rings is 1. The Labute approximate surface area is 315 Å². The van der Waals surface area contributed by atoms with Gasteiger partial charge in [-0.05, 0) is 30.3 Å². The Kier molecular flexibility index (Phi) is 11.6. The molecule has 0 atom stereocenters. The highest BCUT2D eigenvalue weighted by Crippen LogP contribution is 2.32. The molecule has 6 rings (SSSR count). The molecule has 18 heteroatoms. The van der Waals surface area contributed by atoms with Crippen LogP contribution in [0.15, 0.2) is 48.9 Å². The molecule has 0 bridgehead atoms. The number of halogens is 4. The number of alkyl halides is 3. The summed E-state index contributed by atoms with van der Waals surface area (Å²) < 4.78 is 48.9. The lowest BCUT2D eigenvalue weighted by Crippen LogP contribution is -2.54. The van der Waals surface area contributed by atoms with Crippen molar-refractivity contribution in [3.05, 3.63) is 82.3 Å². The summed E-state index contributed by atoms with van der Waals surface area (Å²) >= 11 is 6.50. The number of aromatic nitrogens is 5.